The molecule has 2 N–H and O–H groups in total. The Morgan fingerprint density at radius 2 is 2.27 bits per heavy atom. The van der Waals surface area contributed by atoms with Crippen LogP contribution in [0.4, 0.5) is 0 Å². The summed E-state index contributed by atoms with van der Waals surface area (Å²) in [4.78, 5) is 17.0. The second-order valence-electron chi connectivity index (χ2n) is 3.30. The second-order valence-corrected chi connectivity index (χ2v) is 3.30. The van der Waals surface area contributed by atoms with E-state index in [0.29, 0.717) is 11.6 Å². The third-order valence-electron chi connectivity index (χ3n) is 2.23. The molecule has 0 aromatic carbocycles. The summed E-state index contributed by atoms with van der Waals surface area (Å²) in [5.41, 5.74) is 5.69. The van der Waals surface area contributed by atoms with Crippen LogP contribution in [0, 0.1) is 0 Å². The lowest BCUT2D eigenvalue weighted by molar-refractivity contribution is -0.129. The van der Waals surface area contributed by atoms with Crippen molar-refractivity contribution in [2.75, 3.05) is 7.05 Å². The standard InChI is InChI=1S/C10H15N3O2/c1-5-12-9-7(3)15-6(2)8(11)10(14)13(9)4/h5-6,8H,1,3,11H2,2,4H3/t6-,8+/m1/s1. The SMILES string of the molecule is C=CN=C1C(=C)O[C@H](C)[C@H](N)C(=O)N1C. The first-order valence-electron chi connectivity index (χ1n) is 4.56. The number of hydrogen-bond donors (Lipinski definition) is 1. The van der Waals surface area contributed by atoms with Crippen LogP contribution in [0.3, 0.4) is 0 Å². The molecule has 0 radical (unpaired) electrons. The fourth-order valence-electron chi connectivity index (χ4n) is 1.31. The summed E-state index contributed by atoms with van der Waals surface area (Å²) >= 11 is 0. The summed E-state index contributed by atoms with van der Waals surface area (Å²) in [5.74, 6) is 0.419. The van der Waals surface area contributed by atoms with Crippen LogP contribution in [0.15, 0.2) is 30.1 Å². The monoisotopic (exact) mass is 209 g/mol. The molecule has 0 aromatic rings. The highest BCUT2D eigenvalue weighted by Crippen LogP contribution is 2.15. The lowest BCUT2D eigenvalue weighted by Gasteiger charge is -2.17. The minimum Gasteiger partial charge on any atom is -0.485 e. The Morgan fingerprint density at radius 3 is 2.80 bits per heavy atom. The quantitative estimate of drug-likeness (QED) is 0.673. The van der Waals surface area contributed by atoms with E-state index in [4.69, 9.17) is 10.5 Å². The van der Waals surface area contributed by atoms with Gasteiger partial charge in [-0.05, 0) is 6.92 Å². The molecule has 1 saturated heterocycles. The molecule has 2 atom stereocenters. The van der Waals surface area contributed by atoms with E-state index < -0.39 is 12.1 Å². The molecule has 1 aliphatic rings. The van der Waals surface area contributed by atoms with Crippen molar-refractivity contribution >= 4 is 11.7 Å². The zero-order valence-electron chi connectivity index (χ0n) is 8.93. The van der Waals surface area contributed by atoms with Crippen LogP contribution in [0.25, 0.3) is 0 Å². The minimum absolute atomic E-state index is 0.248. The van der Waals surface area contributed by atoms with Crippen molar-refractivity contribution in [2.45, 2.75) is 19.1 Å². The summed E-state index contributed by atoms with van der Waals surface area (Å²) < 4.78 is 5.37. The average molecular weight is 209 g/mol. The maximum absolute atomic E-state index is 11.8. The van der Waals surface area contributed by atoms with Crippen LogP contribution in [-0.2, 0) is 9.53 Å². The molecule has 15 heavy (non-hydrogen) atoms. The van der Waals surface area contributed by atoms with Crippen molar-refractivity contribution in [3.8, 4) is 0 Å². The van der Waals surface area contributed by atoms with E-state index in [1.54, 1.807) is 14.0 Å². The lowest BCUT2D eigenvalue weighted by atomic mass is 10.2. The van der Waals surface area contributed by atoms with Gasteiger partial charge in [-0.15, -0.1) is 0 Å². The first kappa shape index (κ1) is 11.5. The largest absolute Gasteiger partial charge is 0.485 e. The Hall–Kier alpha value is -1.62. The number of nitrogens with two attached hydrogens (primary N) is 1. The van der Waals surface area contributed by atoms with E-state index in [1.807, 2.05) is 0 Å². The van der Waals surface area contributed by atoms with Gasteiger partial charge in [-0.2, -0.15) is 0 Å². The molecular weight excluding hydrogens is 194 g/mol. The number of rotatable bonds is 1. The fourth-order valence-corrected chi connectivity index (χ4v) is 1.31. The van der Waals surface area contributed by atoms with Crippen LogP contribution in [-0.4, -0.2) is 35.8 Å². The normalized spacial score (nSPS) is 30.1. The lowest BCUT2D eigenvalue weighted by Crippen LogP contribution is -2.47. The van der Waals surface area contributed by atoms with E-state index >= 15 is 0 Å². The molecule has 5 nitrogen and oxygen atoms in total. The number of amidine groups is 1. The van der Waals surface area contributed by atoms with E-state index in [1.165, 1.54) is 11.1 Å². The maximum atomic E-state index is 11.8. The zero-order valence-corrected chi connectivity index (χ0v) is 8.93. The molecule has 0 aliphatic carbocycles. The van der Waals surface area contributed by atoms with Crippen LogP contribution in [0.5, 0.6) is 0 Å². The minimum atomic E-state index is -0.704. The second kappa shape index (κ2) is 4.27. The van der Waals surface area contributed by atoms with Crippen molar-refractivity contribution < 1.29 is 9.53 Å². The molecule has 1 aliphatic heterocycles. The molecule has 82 valence electrons. The van der Waals surface area contributed by atoms with Crippen LogP contribution < -0.4 is 5.73 Å². The van der Waals surface area contributed by atoms with Gasteiger partial charge in [-0.25, -0.2) is 4.99 Å². The van der Waals surface area contributed by atoms with E-state index in [-0.39, 0.29) is 5.91 Å². The predicted octanol–water partition coefficient (Wildman–Crippen LogP) is 0.247. The number of aliphatic imine (C=N–C) groups is 1. The molecule has 0 unspecified atom stereocenters. The van der Waals surface area contributed by atoms with Gasteiger partial charge in [0, 0.05) is 13.2 Å². The maximum Gasteiger partial charge on any atom is 0.248 e. The van der Waals surface area contributed by atoms with Gasteiger partial charge in [-0.3, -0.25) is 9.69 Å². The molecular formula is C10H15N3O2. The van der Waals surface area contributed by atoms with Crippen molar-refractivity contribution in [1.29, 1.82) is 0 Å². The Labute approximate surface area is 88.9 Å². The molecule has 1 amide bonds. The van der Waals surface area contributed by atoms with Gasteiger partial charge in [-0.1, -0.05) is 13.2 Å². The molecule has 1 rings (SSSR count). The number of amides is 1. The van der Waals surface area contributed by atoms with E-state index in [9.17, 15) is 4.79 Å². The zero-order chi connectivity index (χ0) is 11.6. The molecule has 0 saturated carbocycles. The summed E-state index contributed by atoms with van der Waals surface area (Å²) in [7, 11) is 1.58. The van der Waals surface area contributed by atoms with Crippen molar-refractivity contribution in [2.24, 2.45) is 10.7 Å². The van der Waals surface area contributed by atoms with Gasteiger partial charge in [0.05, 0.1) is 0 Å². The number of carbonyl (C=O) groups is 1. The number of hydrogen-bond acceptors (Lipinski definition) is 4. The van der Waals surface area contributed by atoms with Crippen molar-refractivity contribution in [3.05, 3.63) is 25.1 Å². The molecule has 1 fully saturated rings. The van der Waals surface area contributed by atoms with Crippen LogP contribution in [0.2, 0.25) is 0 Å². The highest BCUT2D eigenvalue weighted by Gasteiger charge is 2.33. The Kier molecular flexibility index (Phi) is 3.26. The van der Waals surface area contributed by atoms with E-state index in [2.05, 4.69) is 18.2 Å². The van der Waals surface area contributed by atoms with Gasteiger partial charge >= 0.3 is 0 Å². The predicted molar refractivity (Wildman–Crippen MR) is 58.1 cm³/mol. The first-order chi connectivity index (χ1) is 6.99. The topological polar surface area (TPSA) is 67.9 Å². The molecule has 1 heterocycles. The Morgan fingerprint density at radius 1 is 1.67 bits per heavy atom. The Bertz CT molecular complexity index is 336. The number of ether oxygens (including phenoxy) is 1. The van der Waals surface area contributed by atoms with Crippen LogP contribution >= 0.6 is 0 Å². The van der Waals surface area contributed by atoms with Gasteiger partial charge in [0.2, 0.25) is 5.91 Å². The summed E-state index contributed by atoms with van der Waals surface area (Å²) in [5, 5.41) is 0. The molecule has 5 heteroatoms. The van der Waals surface area contributed by atoms with E-state index in [0.717, 1.165) is 0 Å². The molecule has 0 bridgehead atoms. The number of nitrogens with zero attached hydrogens (tertiary/aromatic N) is 2. The van der Waals surface area contributed by atoms with Crippen LogP contribution in [0.1, 0.15) is 6.92 Å². The van der Waals surface area contributed by atoms with Crippen molar-refractivity contribution in [3.63, 3.8) is 0 Å². The highest BCUT2D eigenvalue weighted by molar-refractivity contribution is 6.08. The van der Waals surface area contributed by atoms with Gasteiger partial charge < -0.3 is 10.5 Å². The fraction of sp³-hybridized carbons (Fsp3) is 0.400. The Balaban J connectivity index is 3.11. The number of carbonyl (C=O) groups excluding carboxylic acids is 1. The smallest absolute Gasteiger partial charge is 0.248 e. The summed E-state index contributed by atoms with van der Waals surface area (Å²) in [6.45, 7) is 8.88. The van der Waals surface area contributed by atoms with Gasteiger partial charge in [0.25, 0.3) is 0 Å². The third-order valence-corrected chi connectivity index (χ3v) is 2.23. The summed E-state index contributed by atoms with van der Waals surface area (Å²) in [6.07, 6.45) is 0.916. The highest BCUT2D eigenvalue weighted by atomic mass is 16.5. The molecule has 0 aromatic heterocycles. The third kappa shape index (κ3) is 2.07. The first-order valence-corrected chi connectivity index (χ1v) is 4.56. The van der Waals surface area contributed by atoms with Gasteiger partial charge in [0.1, 0.15) is 12.1 Å². The average Bonchev–Trinajstić information content (AvgIpc) is 2.26. The van der Waals surface area contributed by atoms with Gasteiger partial charge in [0.15, 0.2) is 11.6 Å². The summed E-state index contributed by atoms with van der Waals surface area (Å²) in [6, 6.07) is -0.704. The molecule has 0 spiro atoms. The number of likely N-dealkylation sites (N-methyl/N-ethyl adjacent to an activating group) is 1. The van der Waals surface area contributed by atoms with Crippen molar-refractivity contribution in [1.82, 2.24) is 4.90 Å².